The van der Waals surface area contributed by atoms with E-state index in [1.165, 1.54) is 6.07 Å². The summed E-state index contributed by atoms with van der Waals surface area (Å²) in [6, 6.07) is 3.04. The second-order valence-corrected chi connectivity index (χ2v) is 5.86. The topological polar surface area (TPSA) is 55.8 Å². The molecule has 0 bridgehead atoms. The van der Waals surface area contributed by atoms with Gasteiger partial charge in [0, 0.05) is 44.8 Å². The first-order valence-electron chi connectivity index (χ1n) is 7.77. The highest BCUT2D eigenvalue weighted by Crippen LogP contribution is 2.25. The van der Waals surface area contributed by atoms with Crippen molar-refractivity contribution in [1.29, 1.82) is 0 Å². The first-order chi connectivity index (χ1) is 11.0. The van der Waals surface area contributed by atoms with E-state index in [-0.39, 0.29) is 24.6 Å². The van der Waals surface area contributed by atoms with Crippen LogP contribution in [0.2, 0.25) is 0 Å². The third-order valence-electron chi connectivity index (χ3n) is 4.17. The van der Waals surface area contributed by atoms with Gasteiger partial charge in [-0.05, 0) is 25.2 Å². The van der Waals surface area contributed by atoms with E-state index in [0.29, 0.717) is 6.54 Å². The molecule has 128 valence electrons. The lowest BCUT2D eigenvalue weighted by molar-refractivity contribution is -0.137. The van der Waals surface area contributed by atoms with Crippen LogP contribution < -0.4 is 5.32 Å². The molecular formula is C16H23F2N3O2. The monoisotopic (exact) mass is 327 g/mol. The zero-order chi connectivity index (χ0) is 16.8. The van der Waals surface area contributed by atoms with Gasteiger partial charge in [0.05, 0.1) is 12.5 Å². The Morgan fingerprint density at radius 2 is 2.09 bits per heavy atom. The van der Waals surface area contributed by atoms with Crippen LogP contribution in [0.25, 0.3) is 0 Å². The molecule has 0 aromatic heterocycles. The van der Waals surface area contributed by atoms with Crippen LogP contribution >= 0.6 is 0 Å². The highest BCUT2D eigenvalue weighted by Gasteiger charge is 2.25. The fourth-order valence-electron chi connectivity index (χ4n) is 2.81. The summed E-state index contributed by atoms with van der Waals surface area (Å²) in [6.45, 7) is 4.20. The average molecular weight is 327 g/mol. The van der Waals surface area contributed by atoms with Crippen LogP contribution in [0.3, 0.4) is 0 Å². The Balaban J connectivity index is 2.18. The molecule has 1 atom stereocenters. The van der Waals surface area contributed by atoms with E-state index in [0.717, 1.165) is 38.3 Å². The van der Waals surface area contributed by atoms with E-state index in [1.54, 1.807) is 11.9 Å². The predicted molar refractivity (Wildman–Crippen MR) is 83.3 cm³/mol. The highest BCUT2D eigenvalue weighted by molar-refractivity contribution is 5.66. The fraction of sp³-hybridized carbons (Fsp3) is 0.562. The number of carbonyl (C=O) groups is 1. The molecule has 1 unspecified atom stereocenters. The summed E-state index contributed by atoms with van der Waals surface area (Å²) in [6.07, 6.45) is -0.0362. The highest BCUT2D eigenvalue weighted by atomic mass is 19.1. The molecule has 7 heteroatoms. The minimum Gasteiger partial charge on any atom is -0.481 e. The van der Waals surface area contributed by atoms with Crippen molar-refractivity contribution < 1.29 is 18.7 Å². The number of piperazine rings is 1. The van der Waals surface area contributed by atoms with Crippen LogP contribution in [0.5, 0.6) is 0 Å². The molecule has 1 fully saturated rings. The number of hydrogen-bond donors (Lipinski definition) is 2. The maximum atomic E-state index is 14.2. The summed E-state index contributed by atoms with van der Waals surface area (Å²) in [5, 5.41) is 12.1. The summed E-state index contributed by atoms with van der Waals surface area (Å²) < 4.78 is 27.8. The van der Waals surface area contributed by atoms with Gasteiger partial charge in [0.15, 0.2) is 0 Å². The van der Waals surface area contributed by atoms with Crippen LogP contribution in [-0.2, 0) is 4.79 Å². The number of benzene rings is 1. The van der Waals surface area contributed by atoms with Crippen LogP contribution in [-0.4, -0.2) is 67.2 Å². The number of nitrogens with zero attached hydrogens (tertiary/aromatic N) is 2. The van der Waals surface area contributed by atoms with E-state index < -0.39 is 17.6 Å². The van der Waals surface area contributed by atoms with Gasteiger partial charge in [-0.25, -0.2) is 8.78 Å². The second-order valence-electron chi connectivity index (χ2n) is 5.86. The van der Waals surface area contributed by atoms with Gasteiger partial charge in [0.25, 0.3) is 0 Å². The number of carboxylic acid groups (broad SMARTS) is 1. The number of aliphatic carboxylic acids is 1. The molecule has 0 amide bonds. The van der Waals surface area contributed by atoms with Gasteiger partial charge in [-0.15, -0.1) is 0 Å². The average Bonchev–Trinajstić information content (AvgIpc) is 2.54. The summed E-state index contributed by atoms with van der Waals surface area (Å²) in [4.78, 5) is 14.8. The minimum atomic E-state index is -0.905. The molecule has 1 aromatic rings. The summed E-state index contributed by atoms with van der Waals surface area (Å²) >= 11 is 0. The van der Waals surface area contributed by atoms with Crippen molar-refractivity contribution in [1.82, 2.24) is 15.1 Å². The van der Waals surface area contributed by atoms with Crippen LogP contribution in [0.1, 0.15) is 18.0 Å². The number of nitrogens with one attached hydrogen (secondary N) is 1. The van der Waals surface area contributed by atoms with Crippen molar-refractivity contribution >= 4 is 5.97 Å². The summed E-state index contributed by atoms with van der Waals surface area (Å²) in [5.41, 5.74) is 0.274. The molecule has 1 heterocycles. The molecule has 1 saturated heterocycles. The number of carboxylic acids is 1. The lowest BCUT2D eigenvalue weighted by atomic mass is 10.0. The number of likely N-dealkylation sites (N-methyl/N-ethyl adjacent to an activating group) is 1. The number of hydrogen-bond acceptors (Lipinski definition) is 4. The standard InChI is InChI=1S/C16H23F2N3O2/c1-20(7-4-16(22)23)15(11-21-8-5-19-6-9-21)13-10-12(17)2-3-14(13)18/h2-3,10,15,19H,4-9,11H2,1H3,(H,22,23). The molecule has 2 N–H and O–H groups in total. The quantitative estimate of drug-likeness (QED) is 0.791. The Morgan fingerprint density at radius 1 is 1.39 bits per heavy atom. The molecule has 23 heavy (non-hydrogen) atoms. The minimum absolute atomic E-state index is 0.0362. The van der Waals surface area contributed by atoms with E-state index in [1.807, 2.05) is 0 Å². The largest absolute Gasteiger partial charge is 0.481 e. The van der Waals surface area contributed by atoms with E-state index >= 15 is 0 Å². The van der Waals surface area contributed by atoms with Crippen molar-refractivity contribution in [2.75, 3.05) is 46.3 Å². The molecular weight excluding hydrogens is 304 g/mol. The Morgan fingerprint density at radius 3 is 2.74 bits per heavy atom. The third kappa shape index (κ3) is 5.23. The van der Waals surface area contributed by atoms with Gasteiger partial charge in [-0.1, -0.05) is 0 Å². The van der Waals surface area contributed by atoms with Crippen molar-refractivity contribution in [3.63, 3.8) is 0 Å². The fourth-order valence-corrected chi connectivity index (χ4v) is 2.81. The Hall–Kier alpha value is -1.57. The molecule has 5 nitrogen and oxygen atoms in total. The second kappa shape index (κ2) is 8.33. The molecule has 0 aliphatic carbocycles. The number of halogens is 2. The van der Waals surface area contributed by atoms with Gasteiger partial charge in [0.2, 0.25) is 0 Å². The van der Waals surface area contributed by atoms with E-state index in [2.05, 4.69) is 10.2 Å². The molecule has 0 radical (unpaired) electrons. The SMILES string of the molecule is CN(CCC(=O)O)C(CN1CCNCC1)c1cc(F)ccc1F. The lowest BCUT2D eigenvalue weighted by Crippen LogP contribution is -2.47. The maximum Gasteiger partial charge on any atom is 0.304 e. The van der Waals surface area contributed by atoms with Crippen LogP contribution in [0, 0.1) is 11.6 Å². The summed E-state index contributed by atoms with van der Waals surface area (Å²) in [7, 11) is 1.75. The first kappa shape index (κ1) is 17.8. The van der Waals surface area contributed by atoms with E-state index in [9.17, 15) is 13.6 Å². The lowest BCUT2D eigenvalue weighted by Gasteiger charge is -2.35. The number of rotatable bonds is 7. The summed E-state index contributed by atoms with van der Waals surface area (Å²) in [5.74, 6) is -1.86. The Bertz CT molecular complexity index is 536. The third-order valence-corrected chi connectivity index (χ3v) is 4.17. The van der Waals surface area contributed by atoms with Gasteiger partial charge in [-0.3, -0.25) is 14.6 Å². The molecule has 1 aromatic carbocycles. The van der Waals surface area contributed by atoms with Gasteiger partial charge < -0.3 is 10.4 Å². The normalized spacial score (nSPS) is 17.4. The molecule has 0 saturated carbocycles. The van der Waals surface area contributed by atoms with Crippen molar-refractivity contribution in [2.24, 2.45) is 0 Å². The van der Waals surface area contributed by atoms with Crippen molar-refractivity contribution in [2.45, 2.75) is 12.5 Å². The Kier molecular flexibility index (Phi) is 6.44. The smallest absolute Gasteiger partial charge is 0.304 e. The van der Waals surface area contributed by atoms with Gasteiger partial charge >= 0.3 is 5.97 Å². The van der Waals surface area contributed by atoms with Crippen LogP contribution in [0.15, 0.2) is 18.2 Å². The van der Waals surface area contributed by atoms with Crippen molar-refractivity contribution in [3.05, 3.63) is 35.4 Å². The van der Waals surface area contributed by atoms with E-state index in [4.69, 9.17) is 5.11 Å². The van der Waals surface area contributed by atoms with Gasteiger partial charge in [0.1, 0.15) is 11.6 Å². The van der Waals surface area contributed by atoms with Gasteiger partial charge in [-0.2, -0.15) is 0 Å². The molecule has 1 aliphatic rings. The zero-order valence-corrected chi connectivity index (χ0v) is 13.3. The van der Waals surface area contributed by atoms with Crippen molar-refractivity contribution in [3.8, 4) is 0 Å². The Labute approximate surface area is 134 Å². The maximum absolute atomic E-state index is 14.2. The zero-order valence-electron chi connectivity index (χ0n) is 13.3. The van der Waals surface area contributed by atoms with Crippen LogP contribution in [0.4, 0.5) is 8.78 Å². The molecule has 1 aliphatic heterocycles. The molecule has 2 rings (SSSR count). The molecule has 0 spiro atoms. The predicted octanol–water partition coefficient (Wildman–Crippen LogP) is 1.32. The first-order valence-corrected chi connectivity index (χ1v) is 7.77.